The number of carbonyl (C=O) groups excluding carboxylic acids is 1. The van der Waals surface area contributed by atoms with Crippen LogP contribution < -0.4 is 15.8 Å². The number of nitrogens with two attached hydrogens (primary N) is 1. The lowest BCUT2D eigenvalue weighted by atomic mass is 9.96. The van der Waals surface area contributed by atoms with Crippen LogP contribution >= 0.6 is 23.2 Å². The highest BCUT2D eigenvalue weighted by Gasteiger charge is 2.25. The molecule has 10 heteroatoms. The van der Waals surface area contributed by atoms with Crippen LogP contribution in [0.25, 0.3) is 10.8 Å². The van der Waals surface area contributed by atoms with Gasteiger partial charge >= 0.3 is 0 Å². The molecule has 0 fully saturated rings. The van der Waals surface area contributed by atoms with E-state index >= 15 is 0 Å². The van der Waals surface area contributed by atoms with Crippen molar-refractivity contribution in [3.8, 4) is 18.0 Å². The molecule has 0 radical (unpaired) electrons. The average Bonchev–Trinajstić information content (AvgIpc) is 2.86. The minimum Gasteiger partial charge on any atom is -0.495 e. The molecule has 0 bridgehead atoms. The molecule has 3 rings (SSSR count). The average molecular weight is 509 g/mol. The van der Waals surface area contributed by atoms with Gasteiger partial charge in [-0.05, 0) is 34.5 Å². The second-order valence-corrected chi connectivity index (χ2v) is 8.50. The van der Waals surface area contributed by atoms with Gasteiger partial charge in [0.15, 0.2) is 6.19 Å². The molecule has 0 unspecified atom stereocenters. The van der Waals surface area contributed by atoms with Gasteiger partial charge < -0.3 is 15.4 Å². The molecule has 35 heavy (non-hydrogen) atoms. The van der Waals surface area contributed by atoms with Crippen molar-refractivity contribution in [2.24, 2.45) is 10.7 Å². The SMILES string of the molecule is COc1c(C#N)cc2ccccc2c1C(=O)N(C)C[C@H](CN=C(N)NC#N)c1ccc(Cl)c(Cl)c1. The van der Waals surface area contributed by atoms with E-state index in [1.807, 2.05) is 24.3 Å². The Kier molecular flexibility index (Phi) is 8.38. The topological polar surface area (TPSA) is 128 Å². The molecule has 0 aliphatic heterocycles. The Balaban J connectivity index is 2.02. The molecular formula is C25H22Cl2N6O2. The molecule has 3 aromatic rings. The Labute approximate surface area is 213 Å². The Morgan fingerprint density at radius 3 is 2.60 bits per heavy atom. The summed E-state index contributed by atoms with van der Waals surface area (Å²) in [6.07, 6.45) is 1.72. The first-order valence-electron chi connectivity index (χ1n) is 10.5. The summed E-state index contributed by atoms with van der Waals surface area (Å²) < 4.78 is 5.49. The van der Waals surface area contributed by atoms with Crippen molar-refractivity contribution < 1.29 is 9.53 Å². The third-order valence-corrected chi connectivity index (χ3v) is 6.20. The van der Waals surface area contributed by atoms with E-state index in [0.29, 0.717) is 21.0 Å². The largest absolute Gasteiger partial charge is 0.495 e. The Bertz CT molecular complexity index is 1380. The molecule has 1 atom stereocenters. The van der Waals surface area contributed by atoms with Crippen molar-refractivity contribution in [2.45, 2.75) is 5.92 Å². The molecule has 0 aromatic heterocycles. The first-order valence-corrected chi connectivity index (χ1v) is 11.2. The van der Waals surface area contributed by atoms with Crippen molar-refractivity contribution in [2.75, 3.05) is 27.2 Å². The second-order valence-electron chi connectivity index (χ2n) is 7.68. The number of carbonyl (C=O) groups is 1. The number of methoxy groups -OCH3 is 1. The van der Waals surface area contributed by atoms with E-state index in [1.54, 1.807) is 37.5 Å². The first kappa shape index (κ1) is 25.6. The van der Waals surface area contributed by atoms with Crippen LogP contribution in [0.5, 0.6) is 5.75 Å². The molecule has 8 nitrogen and oxygen atoms in total. The lowest BCUT2D eigenvalue weighted by molar-refractivity contribution is 0.0786. The van der Waals surface area contributed by atoms with Gasteiger partial charge in [-0.25, -0.2) is 0 Å². The molecule has 178 valence electrons. The van der Waals surface area contributed by atoms with Crippen LogP contribution in [0.4, 0.5) is 0 Å². The number of rotatable bonds is 7. The van der Waals surface area contributed by atoms with Crippen molar-refractivity contribution in [3.63, 3.8) is 0 Å². The standard InChI is InChI=1S/C25H22Cl2N6O2/c1-33(13-18(12-31-25(30)32-14-29)15-7-8-20(26)21(27)10-15)24(34)22-19-6-4-3-5-16(19)9-17(11-28)23(22)35-2/h3-10,18H,12-13H2,1-2H3,(H3,30,31,32)/t18-/m0/s1. The van der Waals surface area contributed by atoms with E-state index in [-0.39, 0.29) is 42.2 Å². The van der Waals surface area contributed by atoms with Crippen LogP contribution in [0.3, 0.4) is 0 Å². The maximum atomic E-state index is 13.7. The van der Waals surface area contributed by atoms with Crippen LogP contribution in [0.1, 0.15) is 27.4 Å². The number of fused-ring (bicyclic) bond motifs is 1. The number of likely N-dealkylation sites (N-methyl/N-ethyl adjacent to an activating group) is 1. The van der Waals surface area contributed by atoms with Gasteiger partial charge in [-0.3, -0.25) is 15.1 Å². The summed E-state index contributed by atoms with van der Waals surface area (Å²) in [5.74, 6) is -0.475. The number of guanidine groups is 1. The lowest BCUT2D eigenvalue weighted by Crippen LogP contribution is -2.33. The summed E-state index contributed by atoms with van der Waals surface area (Å²) in [7, 11) is 3.08. The van der Waals surface area contributed by atoms with Crippen molar-refractivity contribution >= 4 is 45.8 Å². The van der Waals surface area contributed by atoms with Gasteiger partial charge in [0, 0.05) is 19.5 Å². The zero-order valence-electron chi connectivity index (χ0n) is 19.0. The molecule has 3 aromatic carbocycles. The van der Waals surface area contributed by atoms with Gasteiger partial charge in [-0.2, -0.15) is 10.5 Å². The van der Waals surface area contributed by atoms with Gasteiger partial charge in [0.2, 0.25) is 5.96 Å². The van der Waals surface area contributed by atoms with Crippen LogP contribution in [0, 0.1) is 22.8 Å². The number of ether oxygens (including phenoxy) is 1. The maximum absolute atomic E-state index is 13.7. The van der Waals surface area contributed by atoms with E-state index in [1.165, 1.54) is 12.0 Å². The monoisotopic (exact) mass is 508 g/mol. The number of halogens is 2. The van der Waals surface area contributed by atoms with E-state index in [4.69, 9.17) is 38.9 Å². The molecule has 1 amide bonds. The lowest BCUT2D eigenvalue weighted by Gasteiger charge is -2.25. The Morgan fingerprint density at radius 2 is 1.94 bits per heavy atom. The molecule has 0 spiro atoms. The fourth-order valence-corrected chi connectivity index (χ4v) is 4.09. The van der Waals surface area contributed by atoms with Crippen LogP contribution in [-0.2, 0) is 0 Å². The number of nitriles is 2. The molecular weight excluding hydrogens is 487 g/mol. The van der Waals surface area contributed by atoms with Crippen LogP contribution in [0.2, 0.25) is 10.0 Å². The number of hydrogen-bond donors (Lipinski definition) is 2. The predicted octanol–water partition coefficient (Wildman–Crippen LogP) is 4.27. The maximum Gasteiger partial charge on any atom is 0.258 e. The summed E-state index contributed by atoms with van der Waals surface area (Å²) in [4.78, 5) is 19.5. The van der Waals surface area contributed by atoms with Crippen molar-refractivity contribution in [1.82, 2.24) is 10.2 Å². The first-order chi connectivity index (χ1) is 16.8. The molecule has 0 aliphatic carbocycles. The number of hydrogen-bond acceptors (Lipinski definition) is 5. The zero-order valence-corrected chi connectivity index (χ0v) is 20.6. The molecule has 0 heterocycles. The highest BCUT2D eigenvalue weighted by Crippen LogP contribution is 2.33. The van der Waals surface area contributed by atoms with Gasteiger partial charge in [0.05, 0.1) is 34.8 Å². The zero-order chi connectivity index (χ0) is 25.5. The number of amides is 1. The molecule has 0 aliphatic rings. The van der Waals surface area contributed by atoms with E-state index < -0.39 is 0 Å². The third-order valence-electron chi connectivity index (χ3n) is 5.46. The quantitative estimate of drug-likeness (QED) is 0.212. The van der Waals surface area contributed by atoms with E-state index in [2.05, 4.69) is 16.4 Å². The smallest absolute Gasteiger partial charge is 0.258 e. The summed E-state index contributed by atoms with van der Waals surface area (Å²) in [5.41, 5.74) is 7.07. The highest BCUT2D eigenvalue weighted by atomic mass is 35.5. The van der Waals surface area contributed by atoms with Gasteiger partial charge in [-0.1, -0.05) is 53.5 Å². The van der Waals surface area contributed by atoms with Gasteiger partial charge in [0.1, 0.15) is 11.8 Å². The van der Waals surface area contributed by atoms with Crippen LogP contribution in [0.15, 0.2) is 53.5 Å². The number of nitrogens with one attached hydrogen (secondary N) is 1. The minimum absolute atomic E-state index is 0.0408. The predicted molar refractivity (Wildman–Crippen MR) is 137 cm³/mol. The molecule has 0 saturated carbocycles. The summed E-state index contributed by atoms with van der Waals surface area (Å²) >= 11 is 12.3. The second kappa shape index (κ2) is 11.4. The van der Waals surface area contributed by atoms with E-state index in [9.17, 15) is 10.1 Å². The summed E-state index contributed by atoms with van der Waals surface area (Å²) in [6.45, 7) is 0.403. The normalized spacial score (nSPS) is 11.9. The van der Waals surface area contributed by atoms with Crippen molar-refractivity contribution in [3.05, 3.63) is 75.3 Å². The Hall–Kier alpha value is -3.98. The number of aliphatic imine (C=N–C) groups is 1. The van der Waals surface area contributed by atoms with Crippen LogP contribution in [-0.4, -0.2) is 44.0 Å². The van der Waals surface area contributed by atoms with Gasteiger partial charge in [0.25, 0.3) is 5.91 Å². The number of benzene rings is 3. The summed E-state index contributed by atoms with van der Waals surface area (Å²) in [6, 6.07) is 16.3. The van der Waals surface area contributed by atoms with E-state index in [0.717, 1.165) is 10.9 Å². The summed E-state index contributed by atoms with van der Waals surface area (Å²) in [5, 5.41) is 22.9. The number of nitrogens with zero attached hydrogens (tertiary/aromatic N) is 4. The third kappa shape index (κ3) is 5.75. The fraction of sp³-hybridized carbons (Fsp3) is 0.200. The minimum atomic E-state index is -0.327. The molecule has 3 N–H and O–H groups in total. The highest BCUT2D eigenvalue weighted by molar-refractivity contribution is 6.42. The van der Waals surface area contributed by atoms with Gasteiger partial charge in [-0.15, -0.1) is 0 Å². The fourth-order valence-electron chi connectivity index (χ4n) is 3.78. The van der Waals surface area contributed by atoms with Crippen molar-refractivity contribution in [1.29, 1.82) is 10.5 Å². The molecule has 0 saturated heterocycles. The Morgan fingerprint density at radius 1 is 1.20 bits per heavy atom.